The van der Waals surface area contributed by atoms with Crippen molar-refractivity contribution in [2.75, 3.05) is 10.2 Å². The van der Waals surface area contributed by atoms with E-state index in [1.54, 1.807) is 0 Å². The van der Waals surface area contributed by atoms with E-state index in [0.717, 1.165) is 157 Å². The summed E-state index contributed by atoms with van der Waals surface area (Å²) in [6.45, 7) is 26.0. The first kappa shape index (κ1) is 59.1. The Morgan fingerprint density at radius 2 is 0.626 bits per heavy atom. The highest BCUT2D eigenvalue weighted by molar-refractivity contribution is 7.03. The van der Waals surface area contributed by atoms with Crippen molar-refractivity contribution < 1.29 is 18.9 Å². The van der Waals surface area contributed by atoms with Crippen LogP contribution in [0.3, 0.4) is 0 Å². The quantitative estimate of drug-likeness (QED) is 0.167. The summed E-state index contributed by atoms with van der Waals surface area (Å²) in [5.74, 6) is 6.62. The van der Waals surface area contributed by atoms with Gasteiger partial charge in [0.05, 0.1) is 5.69 Å². The molecule has 1 N–H and O–H groups in total. The van der Waals surface area contributed by atoms with E-state index in [4.69, 9.17) is 18.9 Å². The zero-order valence-electron chi connectivity index (χ0n) is 57.9. The minimum Gasteiger partial charge on any atom is -0.458 e. The van der Waals surface area contributed by atoms with Gasteiger partial charge in [0.1, 0.15) is 46.0 Å². The number of benzene rings is 13. The summed E-state index contributed by atoms with van der Waals surface area (Å²) in [5.41, 5.74) is 41.5. The van der Waals surface area contributed by atoms with E-state index in [1.807, 2.05) is 0 Å². The molecule has 0 amide bonds. The molecule has 0 spiro atoms. The van der Waals surface area contributed by atoms with Crippen LogP contribution in [0, 0.1) is 83.1 Å². The van der Waals surface area contributed by atoms with Gasteiger partial charge in [-0.05, 0) is 275 Å². The van der Waals surface area contributed by atoms with Crippen molar-refractivity contribution in [3.8, 4) is 102 Å². The number of aryl methyl sites for hydroxylation is 12. The zero-order chi connectivity index (χ0) is 67.3. The van der Waals surface area contributed by atoms with Crippen LogP contribution in [-0.4, -0.2) is 20.1 Å². The molecule has 13 aromatic rings. The molecule has 0 radical (unpaired) electrons. The standard InChI is InChI=1S/C90H71B3N2O4/c1-47-27-51(5)84(52(6)28-47)63-35-73-87-80(39-63)96-76-37-61(59-19-15-13-16-20-59)23-25-66(76)91(87)68-43-70-78(45-72(68)94-73)98-82-41-65(86-55(9)31-49(3)32-56(86)10)42-83-89(82)93(70)71-44-69-74(46-79(71)99-83)95(90-57(11)33-50(4)34-58(90)12)75-36-64(85-53(7)29-48(2)30-54(85)8)40-81-88(75)92(69)67-26-24-62(38-77(67)97-81)60-21-17-14-18-22-60/h13-46,94H,1-12H3. The van der Waals surface area contributed by atoms with Crippen LogP contribution >= 0.6 is 0 Å². The van der Waals surface area contributed by atoms with Gasteiger partial charge in [0, 0.05) is 40.3 Å². The monoisotopic (exact) mass is 1280 g/mol. The summed E-state index contributed by atoms with van der Waals surface area (Å²) in [7, 11) is 0. The molecule has 99 heavy (non-hydrogen) atoms. The number of hydrogen-bond donors (Lipinski definition) is 1. The van der Waals surface area contributed by atoms with E-state index >= 15 is 0 Å². The number of fused-ring (bicyclic) bond motifs is 12. The predicted molar refractivity (Wildman–Crippen MR) is 415 cm³/mol. The maximum absolute atomic E-state index is 7.73. The van der Waals surface area contributed by atoms with Gasteiger partial charge in [0.25, 0.3) is 20.1 Å². The predicted octanol–water partition coefficient (Wildman–Crippen LogP) is 17.5. The summed E-state index contributed by atoms with van der Waals surface area (Å²) in [4.78, 5) is 2.55. The molecular weight excluding hydrogens is 1210 g/mol. The zero-order valence-corrected chi connectivity index (χ0v) is 57.9. The van der Waals surface area contributed by atoms with Crippen LogP contribution in [-0.2, 0) is 0 Å². The second-order valence-electron chi connectivity index (χ2n) is 29.1. The largest absolute Gasteiger partial charge is 0.458 e. The number of ether oxygens (including phenoxy) is 4. The van der Waals surface area contributed by atoms with Crippen molar-refractivity contribution in [3.05, 3.63) is 273 Å². The average molecular weight is 1280 g/mol. The number of rotatable bonds is 6. The first-order valence-corrected chi connectivity index (χ1v) is 34.8. The molecule has 6 heterocycles. The minimum absolute atomic E-state index is 0.181. The minimum atomic E-state index is -0.311. The summed E-state index contributed by atoms with van der Waals surface area (Å²) in [6.07, 6.45) is 0. The van der Waals surface area contributed by atoms with Crippen molar-refractivity contribution in [3.63, 3.8) is 0 Å². The second kappa shape index (κ2) is 21.7. The molecule has 0 unspecified atom stereocenters. The Bertz CT molecular complexity index is 5680. The maximum Gasteiger partial charge on any atom is 0.260 e. The van der Waals surface area contributed by atoms with Gasteiger partial charge in [0.15, 0.2) is 0 Å². The van der Waals surface area contributed by atoms with Crippen LogP contribution in [0.25, 0.3) is 55.6 Å². The molecule has 6 aliphatic heterocycles. The molecule has 0 aliphatic carbocycles. The molecule has 13 aromatic carbocycles. The highest BCUT2D eigenvalue weighted by Gasteiger charge is 2.49. The van der Waals surface area contributed by atoms with Crippen LogP contribution < -0.4 is 78.3 Å². The Balaban J connectivity index is 0.874. The normalized spacial score (nSPS) is 13.4. The van der Waals surface area contributed by atoms with Crippen molar-refractivity contribution in [1.82, 2.24) is 0 Å². The number of nitrogens with zero attached hydrogens (tertiary/aromatic N) is 1. The third-order valence-electron chi connectivity index (χ3n) is 22.1. The van der Waals surface area contributed by atoms with E-state index in [9.17, 15) is 0 Å². The van der Waals surface area contributed by atoms with Crippen molar-refractivity contribution in [2.24, 2.45) is 0 Å². The molecular formula is C90H71B3N2O4. The lowest BCUT2D eigenvalue weighted by atomic mass is 9.30. The third-order valence-corrected chi connectivity index (χ3v) is 22.1. The topological polar surface area (TPSA) is 52.2 Å². The van der Waals surface area contributed by atoms with Crippen LogP contribution in [0.4, 0.5) is 28.4 Å². The maximum atomic E-state index is 7.73. The molecule has 19 rings (SSSR count). The van der Waals surface area contributed by atoms with E-state index in [-0.39, 0.29) is 20.1 Å². The Labute approximate surface area is 581 Å². The Morgan fingerprint density at radius 1 is 0.253 bits per heavy atom. The van der Waals surface area contributed by atoms with Crippen LogP contribution in [0.15, 0.2) is 206 Å². The number of anilines is 5. The van der Waals surface area contributed by atoms with E-state index < -0.39 is 0 Å². The highest BCUT2D eigenvalue weighted by atomic mass is 16.5. The van der Waals surface area contributed by atoms with Gasteiger partial charge in [-0.3, -0.25) is 0 Å². The fraction of sp³-hybridized carbons (Fsp3) is 0.133. The first-order valence-electron chi connectivity index (χ1n) is 34.8. The van der Waals surface area contributed by atoms with Crippen molar-refractivity contribution in [2.45, 2.75) is 83.1 Å². The summed E-state index contributed by atoms with van der Waals surface area (Å²) < 4.78 is 30.1. The fourth-order valence-corrected chi connectivity index (χ4v) is 18.6. The Morgan fingerprint density at radius 3 is 1.11 bits per heavy atom. The average Bonchev–Trinajstić information content (AvgIpc) is 0.693. The van der Waals surface area contributed by atoms with Gasteiger partial charge in [-0.2, -0.15) is 0 Å². The molecule has 0 atom stereocenters. The van der Waals surface area contributed by atoms with E-state index in [2.05, 4.69) is 300 Å². The SMILES string of the molecule is Cc1cc(C)c(-c2cc3c4c(c2)Oc2cc(-c5ccccc5)ccc2B4c2cc4c(cc2N3)Oc2cc(-c3c(C)cc(C)cc3C)cc3c2B4c2cc4c(cc2O3)N(c2c(C)cc(C)cc2C)c2cc(-c3c(C)cc(C)cc3C)cc3c2B4c2ccc(-c4ccccc4)cc2O3)c(C)c1. The van der Waals surface area contributed by atoms with E-state index in [1.165, 1.54) is 88.9 Å². The Kier molecular flexibility index (Phi) is 13.0. The molecule has 9 heteroatoms. The van der Waals surface area contributed by atoms with Gasteiger partial charge in [-0.1, -0.05) is 168 Å². The van der Waals surface area contributed by atoms with Gasteiger partial charge < -0.3 is 29.2 Å². The van der Waals surface area contributed by atoms with Crippen LogP contribution in [0.1, 0.15) is 66.8 Å². The van der Waals surface area contributed by atoms with Crippen LogP contribution in [0.2, 0.25) is 0 Å². The molecule has 6 nitrogen and oxygen atoms in total. The third kappa shape index (κ3) is 9.05. The first-order chi connectivity index (χ1) is 47.9. The molecule has 0 bridgehead atoms. The Hall–Kier alpha value is -11.1. The molecule has 0 aromatic heterocycles. The van der Waals surface area contributed by atoms with Crippen molar-refractivity contribution in [1.29, 1.82) is 0 Å². The molecule has 0 saturated heterocycles. The molecule has 474 valence electrons. The molecule has 0 fully saturated rings. The van der Waals surface area contributed by atoms with Crippen molar-refractivity contribution >= 4 is 97.7 Å². The van der Waals surface area contributed by atoms with E-state index in [0.29, 0.717) is 0 Å². The lowest BCUT2D eigenvalue weighted by molar-refractivity contribution is 0.465. The molecule has 0 saturated carbocycles. The lowest BCUT2D eigenvalue weighted by Gasteiger charge is -2.43. The summed E-state index contributed by atoms with van der Waals surface area (Å²) in [6, 6.07) is 77.1. The fourth-order valence-electron chi connectivity index (χ4n) is 18.6. The molecule has 6 aliphatic rings. The summed E-state index contributed by atoms with van der Waals surface area (Å²) in [5, 5.41) is 4.07. The van der Waals surface area contributed by atoms with Gasteiger partial charge >= 0.3 is 0 Å². The number of nitrogens with one attached hydrogen (secondary N) is 1. The van der Waals surface area contributed by atoms with Gasteiger partial charge in [-0.25, -0.2) is 0 Å². The van der Waals surface area contributed by atoms with Gasteiger partial charge in [-0.15, -0.1) is 0 Å². The highest BCUT2D eigenvalue weighted by Crippen LogP contribution is 2.50. The van der Waals surface area contributed by atoms with Crippen LogP contribution in [0.5, 0.6) is 46.0 Å². The second-order valence-corrected chi connectivity index (χ2v) is 29.1. The number of hydrogen-bond acceptors (Lipinski definition) is 6. The smallest absolute Gasteiger partial charge is 0.260 e. The summed E-state index contributed by atoms with van der Waals surface area (Å²) >= 11 is 0. The van der Waals surface area contributed by atoms with Gasteiger partial charge in [0.2, 0.25) is 0 Å². The lowest BCUT2D eigenvalue weighted by Crippen LogP contribution is -2.64.